The van der Waals surface area contributed by atoms with E-state index in [9.17, 15) is 8.42 Å². The van der Waals surface area contributed by atoms with Crippen LogP contribution in [0.3, 0.4) is 0 Å². The van der Waals surface area contributed by atoms with Crippen LogP contribution in [0.15, 0.2) is 12.3 Å². The Kier molecular flexibility index (Phi) is 4.27. The molecule has 0 atom stereocenters. The highest BCUT2D eigenvalue weighted by molar-refractivity contribution is 7.92. The highest BCUT2D eigenvalue weighted by Gasteiger charge is 2.11. The van der Waals surface area contributed by atoms with Gasteiger partial charge in [-0.05, 0) is 13.0 Å². The fourth-order valence-electron chi connectivity index (χ4n) is 1.03. The number of aryl methyl sites for hydroxylation is 1. The summed E-state index contributed by atoms with van der Waals surface area (Å²) in [6, 6.07) is 1.64. The molecule has 0 aliphatic carbocycles. The summed E-state index contributed by atoms with van der Waals surface area (Å²) in [7, 11) is -3.47. The van der Waals surface area contributed by atoms with Gasteiger partial charge in [0.25, 0.3) is 0 Å². The fourth-order valence-corrected chi connectivity index (χ4v) is 2.34. The first kappa shape index (κ1) is 12.9. The van der Waals surface area contributed by atoms with Crippen molar-refractivity contribution < 1.29 is 8.42 Å². The molecule has 16 heavy (non-hydrogen) atoms. The number of aromatic nitrogens is 2. The molecule has 3 N–H and O–H groups in total. The zero-order valence-corrected chi connectivity index (χ0v) is 10.3. The number of nitrogens with two attached hydrogens (primary N) is 1. The Bertz CT molecular complexity index is 487. The maximum absolute atomic E-state index is 11.4. The standard InChI is InChI=1S/C8H12N4O2S2/c1-6-10-3-2-7(12-6)4-11-16(13,14)5-8(9)15/h2-3,11H,4-5H2,1H3,(H2,9,15). The average molecular weight is 260 g/mol. The van der Waals surface area contributed by atoms with E-state index in [1.165, 1.54) is 0 Å². The van der Waals surface area contributed by atoms with Crippen LogP contribution in [-0.2, 0) is 16.6 Å². The molecule has 0 amide bonds. The molecule has 0 spiro atoms. The summed E-state index contributed by atoms with van der Waals surface area (Å²) in [5.41, 5.74) is 5.75. The second-order valence-corrected chi connectivity index (χ2v) is 5.47. The molecule has 0 aromatic carbocycles. The van der Waals surface area contributed by atoms with Gasteiger partial charge < -0.3 is 5.73 Å². The molecule has 1 rings (SSSR count). The van der Waals surface area contributed by atoms with E-state index < -0.39 is 10.0 Å². The first-order valence-corrected chi connectivity index (χ1v) is 6.49. The lowest BCUT2D eigenvalue weighted by Gasteiger charge is -2.05. The highest BCUT2D eigenvalue weighted by Crippen LogP contribution is 1.95. The normalized spacial score (nSPS) is 11.3. The minimum atomic E-state index is -3.47. The minimum Gasteiger partial charge on any atom is -0.392 e. The number of hydrogen-bond acceptors (Lipinski definition) is 5. The van der Waals surface area contributed by atoms with Gasteiger partial charge in [0, 0.05) is 6.20 Å². The van der Waals surface area contributed by atoms with Crippen molar-refractivity contribution in [2.24, 2.45) is 5.73 Å². The third-order valence-corrected chi connectivity index (χ3v) is 3.24. The maximum Gasteiger partial charge on any atom is 0.218 e. The van der Waals surface area contributed by atoms with Crippen molar-refractivity contribution in [1.29, 1.82) is 0 Å². The first-order valence-electron chi connectivity index (χ1n) is 4.43. The van der Waals surface area contributed by atoms with E-state index in [4.69, 9.17) is 5.73 Å². The monoisotopic (exact) mass is 260 g/mol. The number of sulfonamides is 1. The Morgan fingerprint density at radius 1 is 1.62 bits per heavy atom. The Hall–Kier alpha value is -1.12. The Morgan fingerprint density at radius 2 is 2.31 bits per heavy atom. The minimum absolute atomic E-state index is 0.0635. The van der Waals surface area contributed by atoms with Crippen molar-refractivity contribution in [3.63, 3.8) is 0 Å². The molecule has 0 radical (unpaired) electrons. The van der Waals surface area contributed by atoms with E-state index in [0.29, 0.717) is 11.5 Å². The van der Waals surface area contributed by atoms with Crippen LogP contribution in [0.25, 0.3) is 0 Å². The van der Waals surface area contributed by atoms with Gasteiger partial charge in [-0.25, -0.2) is 23.1 Å². The summed E-state index contributed by atoms with van der Waals surface area (Å²) in [5, 5.41) is 0. The number of nitrogens with zero attached hydrogens (tertiary/aromatic N) is 2. The quantitative estimate of drug-likeness (QED) is 0.692. The predicted octanol–water partition coefficient (Wildman–Crippen LogP) is -0.509. The van der Waals surface area contributed by atoms with Crippen LogP contribution in [0.4, 0.5) is 0 Å². The van der Waals surface area contributed by atoms with E-state index in [0.717, 1.165) is 0 Å². The molecule has 0 aliphatic heterocycles. The molecular formula is C8H12N4O2S2. The fraction of sp³-hybridized carbons (Fsp3) is 0.375. The number of rotatable bonds is 5. The van der Waals surface area contributed by atoms with Crippen LogP contribution in [0, 0.1) is 6.92 Å². The van der Waals surface area contributed by atoms with Gasteiger partial charge in [0.1, 0.15) is 11.6 Å². The van der Waals surface area contributed by atoms with Gasteiger partial charge in [0.05, 0.1) is 17.2 Å². The topological polar surface area (TPSA) is 98.0 Å². The summed E-state index contributed by atoms with van der Waals surface area (Å²) >= 11 is 4.53. The predicted molar refractivity (Wildman–Crippen MR) is 64.2 cm³/mol. The van der Waals surface area contributed by atoms with Gasteiger partial charge in [-0.2, -0.15) is 0 Å². The zero-order chi connectivity index (χ0) is 12.2. The summed E-state index contributed by atoms with van der Waals surface area (Å²) in [6.07, 6.45) is 1.57. The molecular weight excluding hydrogens is 248 g/mol. The number of nitrogens with one attached hydrogen (secondary N) is 1. The molecule has 0 fully saturated rings. The zero-order valence-electron chi connectivity index (χ0n) is 8.67. The van der Waals surface area contributed by atoms with Crippen LogP contribution < -0.4 is 10.5 Å². The molecule has 1 heterocycles. The van der Waals surface area contributed by atoms with Gasteiger partial charge >= 0.3 is 0 Å². The van der Waals surface area contributed by atoms with Crippen LogP contribution in [0.5, 0.6) is 0 Å². The van der Waals surface area contributed by atoms with Crippen molar-refractivity contribution >= 4 is 27.2 Å². The molecule has 0 aliphatic rings. The summed E-state index contributed by atoms with van der Waals surface area (Å²) < 4.78 is 25.1. The van der Waals surface area contributed by atoms with E-state index >= 15 is 0 Å². The molecule has 6 nitrogen and oxygen atoms in total. The maximum atomic E-state index is 11.4. The van der Waals surface area contributed by atoms with Crippen LogP contribution in [-0.4, -0.2) is 29.1 Å². The van der Waals surface area contributed by atoms with E-state index in [1.807, 2.05) is 0 Å². The van der Waals surface area contributed by atoms with Gasteiger partial charge in [-0.1, -0.05) is 12.2 Å². The number of thiocarbonyl (C=S) groups is 1. The van der Waals surface area contributed by atoms with E-state index in [1.54, 1.807) is 19.2 Å². The van der Waals surface area contributed by atoms with Crippen molar-refractivity contribution in [3.05, 3.63) is 23.8 Å². The van der Waals surface area contributed by atoms with Gasteiger partial charge in [0.2, 0.25) is 10.0 Å². The highest BCUT2D eigenvalue weighted by atomic mass is 32.2. The SMILES string of the molecule is Cc1nccc(CNS(=O)(=O)CC(N)=S)n1. The molecule has 0 unspecified atom stereocenters. The van der Waals surface area contributed by atoms with Crippen molar-refractivity contribution in [2.45, 2.75) is 13.5 Å². The molecule has 1 aromatic rings. The summed E-state index contributed by atoms with van der Waals surface area (Å²) in [6.45, 7) is 1.83. The third-order valence-electron chi connectivity index (χ3n) is 1.64. The molecule has 0 saturated carbocycles. The Balaban J connectivity index is 2.61. The molecule has 1 aromatic heterocycles. The summed E-state index contributed by atoms with van der Waals surface area (Å²) in [4.78, 5) is 7.89. The molecule has 8 heteroatoms. The van der Waals surface area contributed by atoms with E-state index in [2.05, 4.69) is 26.9 Å². The van der Waals surface area contributed by atoms with Gasteiger partial charge in [-0.3, -0.25) is 0 Å². The first-order chi connectivity index (χ1) is 7.39. The average Bonchev–Trinajstić information content (AvgIpc) is 2.13. The van der Waals surface area contributed by atoms with Crippen LogP contribution >= 0.6 is 12.2 Å². The summed E-state index contributed by atoms with van der Waals surface area (Å²) in [5.74, 6) is 0.234. The Morgan fingerprint density at radius 3 is 2.88 bits per heavy atom. The largest absolute Gasteiger partial charge is 0.392 e. The van der Waals surface area contributed by atoms with Gasteiger partial charge in [0.15, 0.2) is 0 Å². The lowest BCUT2D eigenvalue weighted by molar-refractivity contribution is 0.584. The van der Waals surface area contributed by atoms with E-state index in [-0.39, 0.29) is 17.3 Å². The van der Waals surface area contributed by atoms with Crippen molar-refractivity contribution in [2.75, 3.05) is 5.75 Å². The number of hydrogen-bond donors (Lipinski definition) is 2. The second kappa shape index (κ2) is 5.28. The smallest absolute Gasteiger partial charge is 0.218 e. The van der Waals surface area contributed by atoms with Gasteiger partial charge in [-0.15, -0.1) is 0 Å². The Labute approximate surface area is 99.3 Å². The lowest BCUT2D eigenvalue weighted by Crippen LogP contribution is -2.32. The molecule has 0 bridgehead atoms. The van der Waals surface area contributed by atoms with Crippen molar-refractivity contribution in [1.82, 2.24) is 14.7 Å². The second-order valence-electron chi connectivity index (χ2n) is 3.14. The van der Waals surface area contributed by atoms with Crippen molar-refractivity contribution in [3.8, 4) is 0 Å². The lowest BCUT2D eigenvalue weighted by atomic mass is 10.4. The molecule has 88 valence electrons. The van der Waals surface area contributed by atoms with Crippen LogP contribution in [0.1, 0.15) is 11.5 Å². The molecule has 0 saturated heterocycles. The van der Waals surface area contributed by atoms with Crippen LogP contribution in [0.2, 0.25) is 0 Å². The third kappa shape index (κ3) is 4.60.